The Labute approximate surface area is 561 Å². The van der Waals surface area contributed by atoms with E-state index in [4.69, 9.17) is 37.0 Å². The first-order valence-corrected chi connectivity index (χ1v) is 40.9. The zero-order chi connectivity index (χ0) is 67.5. The molecule has 0 fully saturated rings. The Balaban J connectivity index is 5.27. The molecule has 3 N–H and O–H groups in total. The van der Waals surface area contributed by atoms with Crippen molar-refractivity contribution in [3.8, 4) is 0 Å². The summed E-state index contributed by atoms with van der Waals surface area (Å²) in [7, 11) is -9.91. The second-order valence-electron chi connectivity index (χ2n) is 26.0. The van der Waals surface area contributed by atoms with E-state index >= 15 is 0 Å². The summed E-state index contributed by atoms with van der Waals surface area (Å²) in [6, 6.07) is 0. The van der Waals surface area contributed by atoms with E-state index in [0.29, 0.717) is 25.7 Å². The van der Waals surface area contributed by atoms with Gasteiger partial charge in [0.1, 0.15) is 19.3 Å². The molecule has 0 aromatic carbocycles. The van der Waals surface area contributed by atoms with Gasteiger partial charge in [0.15, 0.2) is 12.2 Å². The highest BCUT2D eigenvalue weighted by Crippen LogP contribution is 2.45. The molecule has 544 valence electrons. The van der Waals surface area contributed by atoms with Crippen LogP contribution in [-0.2, 0) is 65.4 Å². The zero-order valence-corrected chi connectivity index (χ0v) is 61.1. The van der Waals surface area contributed by atoms with E-state index in [1.807, 2.05) is 0 Å². The van der Waals surface area contributed by atoms with Gasteiger partial charge in [0.2, 0.25) is 0 Å². The summed E-state index contributed by atoms with van der Waals surface area (Å²) in [5, 5.41) is 10.6. The van der Waals surface area contributed by atoms with Crippen molar-refractivity contribution in [3.63, 3.8) is 0 Å². The molecule has 0 radical (unpaired) electrons. The van der Waals surface area contributed by atoms with E-state index in [-0.39, 0.29) is 25.7 Å². The number of phosphoric ester groups is 2. The molecular formula is C73H140O17P2. The molecular weight excluding hydrogens is 1210 g/mol. The highest BCUT2D eigenvalue weighted by Gasteiger charge is 2.30. The minimum atomic E-state index is -4.96. The van der Waals surface area contributed by atoms with Crippen molar-refractivity contribution >= 4 is 39.5 Å². The molecule has 0 spiro atoms. The van der Waals surface area contributed by atoms with E-state index in [1.165, 1.54) is 186 Å². The molecule has 0 saturated carbocycles. The van der Waals surface area contributed by atoms with Crippen molar-refractivity contribution in [2.75, 3.05) is 39.6 Å². The standard InChI is InChI=1S/C73H140O17P2/c1-5-9-13-17-21-25-29-33-37-41-45-49-53-57-70(75)83-63-68(89-72(77)59-55-51-47-43-39-35-31-27-23-19-15-11-7-3)65-87-91(79,80)85-61-67(74)62-86-92(81,82)88-66-69(90-73(78)60-56-52-48-44-40-36-32-28-24-20-16-12-8-4)64-84-71(76)58-54-50-46-42-38-34-30-26-22-18-14-10-6-2/h25,29,67-69,74H,5-24,26-28,30-66H2,1-4H3,(H,79,80)(H,81,82)/b29-25-/t67-,68-,69-/m1/s1. The van der Waals surface area contributed by atoms with Crippen LogP contribution in [-0.4, -0.2) is 96.7 Å². The second kappa shape index (κ2) is 67.4. The fourth-order valence-corrected chi connectivity index (χ4v) is 12.5. The largest absolute Gasteiger partial charge is 0.472 e. The monoisotopic (exact) mass is 1350 g/mol. The number of rotatable bonds is 73. The number of unbranched alkanes of at least 4 members (excludes halogenated alkanes) is 45. The van der Waals surface area contributed by atoms with Crippen molar-refractivity contribution < 1.29 is 80.2 Å². The number of aliphatic hydroxyl groups is 1. The van der Waals surface area contributed by atoms with Gasteiger partial charge in [0, 0.05) is 25.7 Å². The van der Waals surface area contributed by atoms with Crippen molar-refractivity contribution in [1.82, 2.24) is 0 Å². The lowest BCUT2D eigenvalue weighted by Gasteiger charge is -2.21. The average Bonchev–Trinajstić information content (AvgIpc) is 3.63. The van der Waals surface area contributed by atoms with Crippen LogP contribution >= 0.6 is 15.6 Å². The smallest absolute Gasteiger partial charge is 0.462 e. The number of aliphatic hydroxyl groups excluding tert-OH is 1. The first kappa shape index (κ1) is 89.8. The number of allylic oxidation sites excluding steroid dienone is 2. The lowest BCUT2D eigenvalue weighted by atomic mass is 10.0. The number of hydrogen-bond donors (Lipinski definition) is 3. The molecule has 19 heteroatoms. The van der Waals surface area contributed by atoms with Crippen LogP contribution in [0.3, 0.4) is 0 Å². The minimum Gasteiger partial charge on any atom is -0.462 e. The molecule has 0 rings (SSSR count). The summed E-state index contributed by atoms with van der Waals surface area (Å²) in [5.41, 5.74) is 0. The van der Waals surface area contributed by atoms with Crippen molar-refractivity contribution in [3.05, 3.63) is 12.2 Å². The number of hydrogen-bond acceptors (Lipinski definition) is 15. The zero-order valence-electron chi connectivity index (χ0n) is 59.3. The third-order valence-corrected chi connectivity index (χ3v) is 18.7. The number of carbonyl (C=O) groups is 4. The summed E-state index contributed by atoms with van der Waals surface area (Å²) < 4.78 is 68.4. The normalized spacial score (nSPS) is 14.0. The number of esters is 4. The molecule has 0 aliphatic rings. The number of ether oxygens (including phenoxy) is 4. The van der Waals surface area contributed by atoms with Gasteiger partial charge in [-0.2, -0.15) is 0 Å². The fraction of sp³-hybridized carbons (Fsp3) is 0.918. The van der Waals surface area contributed by atoms with E-state index in [2.05, 4.69) is 39.8 Å². The highest BCUT2D eigenvalue weighted by atomic mass is 31.2. The van der Waals surface area contributed by atoms with Gasteiger partial charge in [-0.05, 0) is 51.4 Å². The first-order chi connectivity index (χ1) is 44.7. The summed E-state index contributed by atoms with van der Waals surface area (Å²) in [5.74, 6) is -2.13. The van der Waals surface area contributed by atoms with Gasteiger partial charge in [0.05, 0.1) is 26.4 Å². The van der Waals surface area contributed by atoms with Gasteiger partial charge in [-0.25, -0.2) is 9.13 Å². The maximum absolute atomic E-state index is 13.0. The van der Waals surface area contributed by atoms with Crippen LogP contribution in [0.5, 0.6) is 0 Å². The Bertz CT molecular complexity index is 1800. The Kier molecular flexibility index (Phi) is 65.8. The minimum absolute atomic E-state index is 0.104. The van der Waals surface area contributed by atoms with Gasteiger partial charge in [-0.3, -0.25) is 37.3 Å². The van der Waals surface area contributed by atoms with Crippen LogP contribution in [0.4, 0.5) is 0 Å². The molecule has 0 aromatic rings. The number of phosphoric acid groups is 2. The van der Waals surface area contributed by atoms with Gasteiger partial charge in [-0.1, -0.05) is 310 Å². The molecule has 5 atom stereocenters. The van der Waals surface area contributed by atoms with Gasteiger partial charge in [0.25, 0.3) is 0 Å². The van der Waals surface area contributed by atoms with Crippen molar-refractivity contribution in [2.24, 2.45) is 0 Å². The highest BCUT2D eigenvalue weighted by molar-refractivity contribution is 7.47. The van der Waals surface area contributed by atoms with E-state index < -0.39 is 97.5 Å². The van der Waals surface area contributed by atoms with Crippen LogP contribution in [0.15, 0.2) is 12.2 Å². The summed E-state index contributed by atoms with van der Waals surface area (Å²) in [6.07, 6.45) is 57.7. The Morgan fingerprint density at radius 2 is 0.500 bits per heavy atom. The molecule has 0 amide bonds. The maximum Gasteiger partial charge on any atom is 0.472 e. The Morgan fingerprint density at radius 1 is 0.293 bits per heavy atom. The topological polar surface area (TPSA) is 237 Å². The molecule has 0 saturated heterocycles. The van der Waals surface area contributed by atoms with E-state index in [0.717, 1.165) is 109 Å². The lowest BCUT2D eigenvalue weighted by molar-refractivity contribution is -0.161. The van der Waals surface area contributed by atoms with E-state index in [1.54, 1.807) is 0 Å². The van der Waals surface area contributed by atoms with Gasteiger partial charge >= 0.3 is 39.5 Å². The Hall–Kier alpha value is -2.20. The summed E-state index contributed by atoms with van der Waals surface area (Å²) in [4.78, 5) is 72.7. The van der Waals surface area contributed by atoms with Crippen molar-refractivity contribution in [2.45, 2.75) is 393 Å². The molecule has 0 heterocycles. The first-order valence-electron chi connectivity index (χ1n) is 37.9. The molecule has 2 unspecified atom stereocenters. The predicted octanol–water partition coefficient (Wildman–Crippen LogP) is 21.2. The average molecular weight is 1350 g/mol. The van der Waals surface area contributed by atoms with Gasteiger partial charge < -0.3 is 33.8 Å². The molecule has 0 bridgehead atoms. The molecule has 0 aromatic heterocycles. The van der Waals surface area contributed by atoms with Crippen LogP contribution in [0.25, 0.3) is 0 Å². The molecule has 17 nitrogen and oxygen atoms in total. The number of carbonyl (C=O) groups excluding carboxylic acids is 4. The van der Waals surface area contributed by atoms with Crippen LogP contribution in [0, 0.1) is 0 Å². The van der Waals surface area contributed by atoms with E-state index in [9.17, 15) is 43.2 Å². The molecule has 92 heavy (non-hydrogen) atoms. The van der Waals surface area contributed by atoms with Crippen LogP contribution in [0.2, 0.25) is 0 Å². The summed E-state index contributed by atoms with van der Waals surface area (Å²) in [6.45, 7) is 4.94. The fourth-order valence-electron chi connectivity index (χ4n) is 10.9. The third kappa shape index (κ3) is 66.4. The second-order valence-corrected chi connectivity index (χ2v) is 28.9. The SMILES string of the molecule is CCCCCC/C=C\CCCCCCCC(=O)OC[C@H](COP(=O)(O)OC[C@@H](O)COP(=O)(O)OC[C@@H](COC(=O)CCCCCCCCCCCCCCC)OC(=O)CCCCCCCCCCCCCCC)OC(=O)CCCCCCCCCCCCCCC. The maximum atomic E-state index is 13.0. The quantitative estimate of drug-likeness (QED) is 0.0169. The molecule has 0 aliphatic heterocycles. The van der Waals surface area contributed by atoms with Crippen LogP contribution < -0.4 is 0 Å². The third-order valence-electron chi connectivity index (χ3n) is 16.8. The van der Waals surface area contributed by atoms with Gasteiger partial charge in [-0.15, -0.1) is 0 Å². The van der Waals surface area contributed by atoms with Crippen molar-refractivity contribution in [1.29, 1.82) is 0 Å². The lowest BCUT2D eigenvalue weighted by Crippen LogP contribution is -2.30. The molecule has 0 aliphatic carbocycles. The summed E-state index contributed by atoms with van der Waals surface area (Å²) >= 11 is 0. The Morgan fingerprint density at radius 3 is 0.761 bits per heavy atom. The predicted molar refractivity (Wildman–Crippen MR) is 372 cm³/mol. The van der Waals surface area contributed by atoms with Crippen LogP contribution in [0.1, 0.15) is 374 Å².